The standard InChI is InChI=1S/C9H10OS2/c1-8-4-2-3-5-9(8)6-11-12-7-10/h2-5,7H,6H2,1H3. The Kier molecular flexibility index (Phi) is 4.25. The molecule has 0 radical (unpaired) electrons. The Labute approximate surface area is 80.3 Å². The van der Waals surface area contributed by atoms with Gasteiger partial charge >= 0.3 is 0 Å². The summed E-state index contributed by atoms with van der Waals surface area (Å²) in [5.41, 5.74) is 3.46. The van der Waals surface area contributed by atoms with Gasteiger partial charge in [0, 0.05) is 5.75 Å². The van der Waals surface area contributed by atoms with Gasteiger partial charge < -0.3 is 0 Å². The van der Waals surface area contributed by atoms with Gasteiger partial charge in [-0.25, -0.2) is 0 Å². The Morgan fingerprint density at radius 1 is 1.42 bits per heavy atom. The lowest BCUT2D eigenvalue weighted by Crippen LogP contribution is -1.83. The van der Waals surface area contributed by atoms with Gasteiger partial charge in [0.05, 0.1) is 0 Å². The molecule has 12 heavy (non-hydrogen) atoms. The Hall–Kier alpha value is -0.410. The van der Waals surface area contributed by atoms with Gasteiger partial charge in [-0.05, 0) is 28.8 Å². The van der Waals surface area contributed by atoms with E-state index in [0.717, 1.165) is 11.4 Å². The van der Waals surface area contributed by atoms with Crippen molar-refractivity contribution in [2.24, 2.45) is 0 Å². The minimum atomic E-state index is 0.864. The van der Waals surface area contributed by atoms with Crippen LogP contribution in [-0.4, -0.2) is 5.62 Å². The number of benzene rings is 1. The molecule has 0 saturated heterocycles. The molecule has 0 N–H and O–H groups in total. The highest BCUT2D eigenvalue weighted by Gasteiger charge is 1.96. The van der Waals surface area contributed by atoms with Crippen LogP contribution in [0, 0.1) is 6.92 Å². The van der Waals surface area contributed by atoms with Gasteiger partial charge in [-0.3, -0.25) is 4.79 Å². The summed E-state index contributed by atoms with van der Waals surface area (Å²) in [7, 11) is 2.82. The van der Waals surface area contributed by atoms with Crippen LogP contribution < -0.4 is 0 Å². The molecule has 1 nitrogen and oxygen atoms in total. The van der Waals surface area contributed by atoms with Crippen molar-refractivity contribution in [3.8, 4) is 0 Å². The maximum Gasteiger partial charge on any atom is 0.186 e. The molecule has 0 heterocycles. The third-order valence-electron chi connectivity index (χ3n) is 1.58. The van der Waals surface area contributed by atoms with Crippen molar-refractivity contribution < 1.29 is 4.79 Å². The van der Waals surface area contributed by atoms with Crippen LogP contribution in [0.1, 0.15) is 11.1 Å². The normalized spacial score (nSPS) is 9.75. The fraction of sp³-hybridized carbons (Fsp3) is 0.222. The highest BCUT2D eigenvalue weighted by molar-refractivity contribution is 8.81. The molecule has 0 aliphatic rings. The number of hydrogen-bond donors (Lipinski definition) is 0. The highest BCUT2D eigenvalue weighted by Crippen LogP contribution is 2.24. The van der Waals surface area contributed by atoms with Crippen molar-refractivity contribution in [1.82, 2.24) is 0 Å². The molecular weight excluding hydrogens is 188 g/mol. The molecule has 0 spiro atoms. The van der Waals surface area contributed by atoms with Crippen LogP contribution in [0.15, 0.2) is 24.3 Å². The molecule has 1 rings (SSSR count). The maximum absolute atomic E-state index is 10.0. The molecule has 1 aromatic carbocycles. The van der Waals surface area contributed by atoms with Crippen molar-refractivity contribution >= 4 is 27.2 Å². The van der Waals surface area contributed by atoms with Gasteiger partial charge in [-0.1, -0.05) is 35.1 Å². The van der Waals surface area contributed by atoms with Crippen LogP contribution in [-0.2, 0) is 10.5 Å². The van der Waals surface area contributed by atoms with Gasteiger partial charge in [0.15, 0.2) is 5.62 Å². The van der Waals surface area contributed by atoms with Crippen LogP contribution in [0.25, 0.3) is 0 Å². The van der Waals surface area contributed by atoms with Gasteiger partial charge in [0.2, 0.25) is 0 Å². The molecule has 0 unspecified atom stereocenters. The van der Waals surface area contributed by atoms with Crippen LogP contribution in [0.3, 0.4) is 0 Å². The van der Waals surface area contributed by atoms with E-state index in [1.807, 2.05) is 12.1 Å². The van der Waals surface area contributed by atoms with E-state index in [9.17, 15) is 4.79 Å². The van der Waals surface area contributed by atoms with E-state index in [1.165, 1.54) is 21.9 Å². The van der Waals surface area contributed by atoms with Crippen LogP contribution >= 0.6 is 21.6 Å². The van der Waals surface area contributed by atoms with Gasteiger partial charge in [-0.2, -0.15) is 0 Å². The largest absolute Gasteiger partial charge is 0.290 e. The van der Waals surface area contributed by atoms with Crippen molar-refractivity contribution in [3.63, 3.8) is 0 Å². The average Bonchev–Trinajstić information content (AvgIpc) is 2.09. The number of carbonyl (C=O) groups excluding carboxylic acids is 1. The summed E-state index contributed by atoms with van der Waals surface area (Å²) in [6.45, 7) is 2.08. The van der Waals surface area contributed by atoms with E-state index in [1.54, 1.807) is 10.8 Å². The fourth-order valence-corrected chi connectivity index (χ4v) is 2.22. The molecule has 0 bridgehead atoms. The molecule has 1 aromatic rings. The first-order chi connectivity index (χ1) is 5.84. The topological polar surface area (TPSA) is 17.1 Å². The smallest absolute Gasteiger partial charge is 0.186 e. The SMILES string of the molecule is Cc1ccccc1CSSC=O. The van der Waals surface area contributed by atoms with E-state index in [4.69, 9.17) is 0 Å². The van der Waals surface area contributed by atoms with Crippen molar-refractivity contribution in [3.05, 3.63) is 35.4 Å². The Morgan fingerprint density at radius 3 is 2.83 bits per heavy atom. The van der Waals surface area contributed by atoms with Crippen molar-refractivity contribution in [2.45, 2.75) is 12.7 Å². The first kappa shape index (κ1) is 9.68. The Balaban J connectivity index is 2.51. The van der Waals surface area contributed by atoms with Crippen molar-refractivity contribution in [1.29, 1.82) is 0 Å². The van der Waals surface area contributed by atoms with E-state index in [-0.39, 0.29) is 0 Å². The Morgan fingerprint density at radius 2 is 2.17 bits per heavy atom. The lowest BCUT2D eigenvalue weighted by atomic mass is 10.1. The predicted molar refractivity (Wildman–Crippen MR) is 56.8 cm³/mol. The summed E-state index contributed by atoms with van der Waals surface area (Å²) in [5, 5.41) is 0. The lowest BCUT2D eigenvalue weighted by Gasteiger charge is -2.01. The number of carbonyl (C=O) groups is 1. The van der Waals surface area contributed by atoms with Crippen molar-refractivity contribution in [2.75, 3.05) is 0 Å². The van der Waals surface area contributed by atoms with Gasteiger partial charge in [0.25, 0.3) is 0 Å². The number of rotatable bonds is 4. The molecule has 0 aromatic heterocycles. The molecule has 0 aliphatic heterocycles. The zero-order valence-corrected chi connectivity index (χ0v) is 8.45. The minimum absolute atomic E-state index is 0.864. The summed E-state index contributed by atoms with van der Waals surface area (Å²) >= 11 is 0. The van der Waals surface area contributed by atoms with E-state index in [0.29, 0.717) is 0 Å². The maximum atomic E-state index is 10.0. The highest BCUT2D eigenvalue weighted by atomic mass is 33.1. The van der Waals surface area contributed by atoms with Gasteiger partial charge in [-0.15, -0.1) is 0 Å². The molecule has 0 fully saturated rings. The molecular formula is C9H10OS2. The van der Waals surface area contributed by atoms with E-state index >= 15 is 0 Å². The number of aryl methyl sites for hydroxylation is 1. The van der Waals surface area contributed by atoms with E-state index < -0.39 is 0 Å². The Bertz CT molecular complexity index is 260. The second-order valence-corrected chi connectivity index (χ2v) is 4.57. The summed E-state index contributed by atoms with van der Waals surface area (Å²) in [4.78, 5) is 10.0. The third-order valence-corrected chi connectivity index (χ3v) is 3.22. The average molecular weight is 198 g/mol. The molecule has 0 aliphatic carbocycles. The molecule has 0 saturated carbocycles. The third kappa shape index (κ3) is 2.91. The second-order valence-electron chi connectivity index (χ2n) is 2.38. The van der Waals surface area contributed by atoms with Crippen LogP contribution in [0.4, 0.5) is 0 Å². The first-order valence-corrected chi connectivity index (χ1v) is 5.99. The van der Waals surface area contributed by atoms with Crippen LogP contribution in [0.2, 0.25) is 0 Å². The monoisotopic (exact) mass is 198 g/mol. The second kappa shape index (κ2) is 5.27. The minimum Gasteiger partial charge on any atom is -0.290 e. The fourth-order valence-electron chi connectivity index (χ4n) is 0.897. The quantitative estimate of drug-likeness (QED) is 0.420. The van der Waals surface area contributed by atoms with Crippen LogP contribution in [0.5, 0.6) is 0 Å². The molecule has 3 heteroatoms. The first-order valence-electron chi connectivity index (χ1n) is 3.61. The van der Waals surface area contributed by atoms with E-state index in [2.05, 4.69) is 19.1 Å². The summed E-state index contributed by atoms with van der Waals surface area (Å²) in [6.07, 6.45) is 0. The zero-order valence-electron chi connectivity index (χ0n) is 6.82. The summed E-state index contributed by atoms with van der Waals surface area (Å²) < 4.78 is 0. The summed E-state index contributed by atoms with van der Waals surface area (Å²) in [6, 6.07) is 8.22. The summed E-state index contributed by atoms with van der Waals surface area (Å²) in [5.74, 6) is 0.899. The molecule has 0 atom stereocenters. The predicted octanol–water partition coefficient (Wildman–Crippen LogP) is 3.07. The number of hydrogen-bond acceptors (Lipinski definition) is 3. The van der Waals surface area contributed by atoms with Gasteiger partial charge in [0.1, 0.15) is 0 Å². The molecule has 0 amide bonds. The molecule has 64 valence electrons. The lowest BCUT2D eigenvalue weighted by molar-refractivity contribution is 0.570. The zero-order chi connectivity index (χ0) is 8.81.